The molecule has 0 atom stereocenters. The summed E-state index contributed by atoms with van der Waals surface area (Å²) in [6.45, 7) is 2.22. The molecular formula is C17H27NO. The number of ketones is 1. The highest BCUT2D eigenvalue weighted by Crippen LogP contribution is 2.11. The fraction of sp³-hybridized carbons (Fsp3) is 0.588. The third-order valence-electron chi connectivity index (χ3n) is 3.48. The van der Waals surface area contributed by atoms with E-state index in [-0.39, 0.29) is 0 Å². The van der Waals surface area contributed by atoms with Crippen LogP contribution in [0.25, 0.3) is 0 Å². The first kappa shape index (κ1) is 15.7. The van der Waals surface area contributed by atoms with E-state index in [4.69, 9.17) is 5.73 Å². The van der Waals surface area contributed by atoms with Crippen LogP contribution in [0.1, 0.15) is 63.9 Å². The van der Waals surface area contributed by atoms with Crippen molar-refractivity contribution in [3.63, 3.8) is 0 Å². The van der Waals surface area contributed by atoms with Crippen LogP contribution in [-0.2, 0) is 11.2 Å². The maximum Gasteiger partial charge on any atom is 0.133 e. The molecule has 2 nitrogen and oxygen atoms in total. The Morgan fingerprint density at radius 1 is 0.947 bits per heavy atom. The number of carbonyl (C=O) groups excluding carboxylic acids is 1. The molecule has 106 valence electrons. The fourth-order valence-corrected chi connectivity index (χ4v) is 2.20. The normalized spacial score (nSPS) is 10.6. The summed E-state index contributed by atoms with van der Waals surface area (Å²) in [6, 6.07) is 7.81. The summed E-state index contributed by atoms with van der Waals surface area (Å²) in [5.41, 5.74) is 7.61. The van der Waals surface area contributed by atoms with Gasteiger partial charge in [0.15, 0.2) is 0 Å². The molecule has 1 rings (SSSR count). The lowest BCUT2D eigenvalue weighted by Gasteiger charge is -2.03. The Kier molecular flexibility index (Phi) is 7.95. The maximum absolute atomic E-state index is 11.7. The second-order valence-electron chi connectivity index (χ2n) is 5.30. The Labute approximate surface area is 117 Å². The van der Waals surface area contributed by atoms with E-state index in [1.165, 1.54) is 37.7 Å². The third kappa shape index (κ3) is 7.66. The Bertz CT molecular complexity index is 356. The first-order valence-corrected chi connectivity index (χ1v) is 7.58. The molecule has 0 aliphatic heterocycles. The largest absolute Gasteiger partial charge is 0.399 e. The second-order valence-corrected chi connectivity index (χ2v) is 5.30. The lowest BCUT2D eigenvalue weighted by Crippen LogP contribution is -2.00. The number of carbonyl (C=O) groups is 1. The van der Waals surface area contributed by atoms with Gasteiger partial charge >= 0.3 is 0 Å². The zero-order valence-electron chi connectivity index (χ0n) is 12.2. The molecule has 2 heteroatoms. The topological polar surface area (TPSA) is 43.1 Å². The van der Waals surface area contributed by atoms with Gasteiger partial charge in [-0.05, 0) is 30.5 Å². The van der Waals surface area contributed by atoms with Gasteiger partial charge in [0.2, 0.25) is 0 Å². The minimum absolute atomic E-state index is 0.396. The Hall–Kier alpha value is -1.31. The summed E-state index contributed by atoms with van der Waals surface area (Å²) in [4.78, 5) is 11.7. The van der Waals surface area contributed by atoms with Crippen LogP contribution >= 0.6 is 0 Å². The van der Waals surface area contributed by atoms with Crippen LogP contribution in [0.2, 0.25) is 0 Å². The summed E-state index contributed by atoms with van der Waals surface area (Å²) in [5, 5.41) is 0. The van der Waals surface area contributed by atoms with Gasteiger partial charge in [-0.15, -0.1) is 0 Å². The van der Waals surface area contributed by atoms with Gasteiger partial charge in [-0.25, -0.2) is 0 Å². The van der Waals surface area contributed by atoms with Crippen molar-refractivity contribution < 1.29 is 4.79 Å². The molecule has 19 heavy (non-hydrogen) atoms. The van der Waals surface area contributed by atoms with Crippen LogP contribution in [0, 0.1) is 0 Å². The van der Waals surface area contributed by atoms with Crippen molar-refractivity contribution in [2.75, 3.05) is 5.73 Å². The van der Waals surface area contributed by atoms with Crippen molar-refractivity contribution in [2.45, 2.75) is 64.7 Å². The molecule has 0 unspecified atom stereocenters. The Balaban J connectivity index is 2.06. The molecule has 0 fully saturated rings. The molecule has 0 heterocycles. The van der Waals surface area contributed by atoms with Crippen LogP contribution in [0.3, 0.4) is 0 Å². The SMILES string of the molecule is CCCCCCCCC(=O)CCc1ccc(N)cc1. The second kappa shape index (κ2) is 9.60. The van der Waals surface area contributed by atoms with Gasteiger partial charge in [0.25, 0.3) is 0 Å². The third-order valence-corrected chi connectivity index (χ3v) is 3.48. The number of aryl methyl sites for hydroxylation is 1. The van der Waals surface area contributed by atoms with Gasteiger partial charge in [0, 0.05) is 18.5 Å². The number of hydrogen-bond acceptors (Lipinski definition) is 2. The van der Waals surface area contributed by atoms with E-state index in [0.29, 0.717) is 12.2 Å². The number of unbranched alkanes of at least 4 members (excludes halogenated alkanes) is 5. The summed E-state index contributed by atoms with van der Waals surface area (Å²) in [7, 11) is 0. The molecule has 0 aliphatic carbocycles. The molecule has 1 aromatic carbocycles. The van der Waals surface area contributed by atoms with E-state index in [0.717, 1.165) is 24.9 Å². The highest BCUT2D eigenvalue weighted by Gasteiger charge is 2.02. The van der Waals surface area contributed by atoms with Crippen molar-refractivity contribution >= 4 is 11.5 Å². The van der Waals surface area contributed by atoms with Crippen LogP contribution in [0.15, 0.2) is 24.3 Å². The van der Waals surface area contributed by atoms with E-state index < -0.39 is 0 Å². The molecule has 2 N–H and O–H groups in total. The lowest BCUT2D eigenvalue weighted by atomic mass is 10.0. The molecule has 0 radical (unpaired) electrons. The summed E-state index contributed by atoms with van der Waals surface area (Å²) >= 11 is 0. The van der Waals surface area contributed by atoms with Gasteiger partial charge < -0.3 is 5.73 Å². The molecule has 0 saturated carbocycles. The minimum Gasteiger partial charge on any atom is -0.399 e. The van der Waals surface area contributed by atoms with Gasteiger partial charge in [-0.1, -0.05) is 51.2 Å². The molecule has 0 amide bonds. The highest BCUT2D eigenvalue weighted by molar-refractivity contribution is 5.78. The van der Waals surface area contributed by atoms with Gasteiger partial charge in [-0.3, -0.25) is 4.79 Å². The summed E-state index contributed by atoms with van der Waals surface area (Å²) in [6.07, 6.45) is 9.72. The van der Waals surface area contributed by atoms with Gasteiger partial charge in [0.05, 0.1) is 0 Å². The number of Topliss-reactive ketones (excluding diaryl/α,β-unsaturated/α-hetero) is 1. The van der Waals surface area contributed by atoms with Crippen molar-refractivity contribution in [2.24, 2.45) is 0 Å². The van der Waals surface area contributed by atoms with Crippen LogP contribution in [0.5, 0.6) is 0 Å². The zero-order chi connectivity index (χ0) is 13.9. The monoisotopic (exact) mass is 261 g/mol. The molecule has 0 bridgehead atoms. The standard InChI is InChI=1S/C17H27NO/c1-2-3-4-5-6-7-8-17(19)14-11-15-9-12-16(18)13-10-15/h9-10,12-13H,2-8,11,14,18H2,1H3. The van der Waals surface area contributed by atoms with Crippen molar-refractivity contribution in [3.05, 3.63) is 29.8 Å². The van der Waals surface area contributed by atoms with Crippen LogP contribution < -0.4 is 5.73 Å². The first-order chi connectivity index (χ1) is 9.22. The molecular weight excluding hydrogens is 234 g/mol. The van der Waals surface area contributed by atoms with Crippen LogP contribution in [0.4, 0.5) is 5.69 Å². The molecule has 0 spiro atoms. The van der Waals surface area contributed by atoms with Crippen molar-refractivity contribution in [3.8, 4) is 0 Å². The summed E-state index contributed by atoms with van der Waals surface area (Å²) < 4.78 is 0. The van der Waals surface area contributed by atoms with E-state index in [1.54, 1.807) is 0 Å². The number of nitrogen functional groups attached to an aromatic ring is 1. The zero-order valence-corrected chi connectivity index (χ0v) is 12.2. The predicted molar refractivity (Wildman–Crippen MR) is 82.2 cm³/mol. The van der Waals surface area contributed by atoms with E-state index in [9.17, 15) is 4.79 Å². The quantitative estimate of drug-likeness (QED) is 0.497. The minimum atomic E-state index is 0.396. The highest BCUT2D eigenvalue weighted by atomic mass is 16.1. The smallest absolute Gasteiger partial charge is 0.133 e. The van der Waals surface area contributed by atoms with Gasteiger partial charge in [0.1, 0.15) is 5.78 Å². The number of rotatable bonds is 10. The summed E-state index contributed by atoms with van der Waals surface area (Å²) in [5.74, 6) is 0.396. The molecule has 1 aromatic rings. The van der Waals surface area contributed by atoms with E-state index >= 15 is 0 Å². The van der Waals surface area contributed by atoms with Gasteiger partial charge in [-0.2, -0.15) is 0 Å². The number of hydrogen-bond donors (Lipinski definition) is 1. The van der Waals surface area contributed by atoms with Crippen LogP contribution in [-0.4, -0.2) is 5.78 Å². The molecule has 0 saturated heterocycles. The lowest BCUT2D eigenvalue weighted by molar-refractivity contribution is -0.119. The molecule has 0 aromatic heterocycles. The maximum atomic E-state index is 11.7. The fourth-order valence-electron chi connectivity index (χ4n) is 2.20. The average molecular weight is 261 g/mol. The Morgan fingerprint density at radius 3 is 2.26 bits per heavy atom. The number of nitrogens with two attached hydrogens (primary N) is 1. The number of anilines is 1. The first-order valence-electron chi connectivity index (χ1n) is 7.58. The van der Waals surface area contributed by atoms with Crippen molar-refractivity contribution in [1.82, 2.24) is 0 Å². The Morgan fingerprint density at radius 2 is 1.58 bits per heavy atom. The number of benzene rings is 1. The van der Waals surface area contributed by atoms with Crippen molar-refractivity contribution in [1.29, 1.82) is 0 Å². The average Bonchev–Trinajstić information content (AvgIpc) is 2.42. The molecule has 0 aliphatic rings. The van der Waals surface area contributed by atoms with E-state index in [2.05, 4.69) is 6.92 Å². The predicted octanol–water partition coefficient (Wildman–Crippen LogP) is 4.52. The van der Waals surface area contributed by atoms with E-state index in [1.807, 2.05) is 24.3 Å².